The number of nitrogens with zero attached hydrogens (tertiary/aromatic N) is 2. The lowest BCUT2D eigenvalue weighted by Gasteiger charge is -2.32. The predicted molar refractivity (Wildman–Crippen MR) is 148 cm³/mol. The van der Waals surface area contributed by atoms with E-state index in [0.29, 0.717) is 24.6 Å². The van der Waals surface area contributed by atoms with Crippen molar-refractivity contribution in [2.45, 2.75) is 37.1 Å². The van der Waals surface area contributed by atoms with Gasteiger partial charge in [0, 0.05) is 47.3 Å². The molecule has 1 aromatic heterocycles. The van der Waals surface area contributed by atoms with Gasteiger partial charge in [-0.1, -0.05) is 41.9 Å². The second kappa shape index (κ2) is 10.4. The van der Waals surface area contributed by atoms with Gasteiger partial charge >= 0.3 is 0 Å². The van der Waals surface area contributed by atoms with Crippen molar-refractivity contribution in [3.63, 3.8) is 0 Å². The Labute approximate surface area is 223 Å². The number of ether oxygens (including phenoxy) is 2. The average molecular weight is 539 g/mol. The molecule has 1 aliphatic heterocycles. The average Bonchev–Trinajstić information content (AvgIpc) is 3.20. The molecule has 1 aliphatic rings. The normalized spacial score (nSPS) is 15.2. The van der Waals surface area contributed by atoms with E-state index in [1.165, 1.54) is 48.0 Å². The van der Waals surface area contributed by atoms with Gasteiger partial charge in [-0.25, -0.2) is 8.42 Å². The molecule has 1 fully saturated rings. The molecule has 6 nitrogen and oxygen atoms in total. The lowest BCUT2D eigenvalue weighted by atomic mass is 9.88. The van der Waals surface area contributed by atoms with E-state index in [-0.39, 0.29) is 10.8 Å². The molecule has 0 bridgehead atoms. The summed E-state index contributed by atoms with van der Waals surface area (Å²) in [6.07, 6.45) is 1.53. The van der Waals surface area contributed by atoms with Crippen molar-refractivity contribution in [3.8, 4) is 11.5 Å². The minimum atomic E-state index is -3.64. The van der Waals surface area contributed by atoms with E-state index in [1.807, 2.05) is 12.1 Å². The maximum Gasteiger partial charge on any atom is 0.243 e. The van der Waals surface area contributed by atoms with Crippen LogP contribution in [-0.2, 0) is 16.6 Å². The zero-order valence-electron chi connectivity index (χ0n) is 21.3. The fraction of sp³-hybridized carbons (Fsp3) is 0.310. The maximum atomic E-state index is 13.4. The highest BCUT2D eigenvalue weighted by atomic mass is 35.5. The second-order valence-corrected chi connectivity index (χ2v) is 11.8. The van der Waals surface area contributed by atoms with E-state index >= 15 is 0 Å². The number of methoxy groups -OCH3 is 2. The molecule has 0 amide bonds. The summed E-state index contributed by atoms with van der Waals surface area (Å²) >= 11 is 6.09. The Bertz CT molecular complexity index is 1520. The standard InChI is InChI=1S/C29H31ClN2O4S/c1-20-29(25-6-4-5-7-26(25)32(20)19-21-8-10-23(30)11-9-21)22-14-16-31(17-15-22)37(33,34)24-12-13-27(35-2)28(18-24)36-3/h4-13,18,22H,14-17,19H2,1-3H3. The van der Waals surface area contributed by atoms with Crippen LogP contribution in [0.5, 0.6) is 11.5 Å². The van der Waals surface area contributed by atoms with Gasteiger partial charge in [-0.05, 0) is 67.1 Å². The Morgan fingerprint density at radius 2 is 1.59 bits per heavy atom. The zero-order chi connectivity index (χ0) is 26.2. The number of hydrogen-bond acceptors (Lipinski definition) is 4. The number of aromatic nitrogens is 1. The van der Waals surface area contributed by atoms with Crippen LogP contribution in [0.3, 0.4) is 0 Å². The lowest BCUT2D eigenvalue weighted by Crippen LogP contribution is -2.38. The van der Waals surface area contributed by atoms with Crippen LogP contribution >= 0.6 is 11.6 Å². The molecule has 194 valence electrons. The Kier molecular flexibility index (Phi) is 7.21. The molecular weight excluding hydrogens is 508 g/mol. The van der Waals surface area contributed by atoms with E-state index in [9.17, 15) is 8.42 Å². The first-order valence-electron chi connectivity index (χ1n) is 12.4. The van der Waals surface area contributed by atoms with Gasteiger partial charge in [0.2, 0.25) is 10.0 Å². The van der Waals surface area contributed by atoms with Gasteiger partial charge in [-0.2, -0.15) is 4.31 Å². The van der Waals surface area contributed by atoms with E-state index in [2.05, 4.69) is 47.9 Å². The van der Waals surface area contributed by atoms with Crippen molar-refractivity contribution < 1.29 is 17.9 Å². The highest BCUT2D eigenvalue weighted by molar-refractivity contribution is 7.89. The number of sulfonamides is 1. The van der Waals surface area contributed by atoms with Gasteiger partial charge in [-0.15, -0.1) is 0 Å². The van der Waals surface area contributed by atoms with Crippen LogP contribution in [0.4, 0.5) is 0 Å². The van der Waals surface area contributed by atoms with Crippen molar-refractivity contribution in [2.24, 2.45) is 0 Å². The summed E-state index contributed by atoms with van der Waals surface area (Å²) in [5.74, 6) is 1.20. The third-order valence-corrected chi connectivity index (χ3v) is 9.54. The van der Waals surface area contributed by atoms with Crippen LogP contribution in [0.15, 0.2) is 71.6 Å². The highest BCUT2D eigenvalue weighted by Crippen LogP contribution is 2.39. The van der Waals surface area contributed by atoms with Gasteiger partial charge < -0.3 is 14.0 Å². The summed E-state index contributed by atoms with van der Waals surface area (Å²) in [6, 6.07) is 21.2. The van der Waals surface area contributed by atoms with Crippen LogP contribution in [0.25, 0.3) is 10.9 Å². The van der Waals surface area contributed by atoms with Crippen LogP contribution < -0.4 is 9.47 Å². The minimum absolute atomic E-state index is 0.222. The number of halogens is 1. The number of hydrogen-bond donors (Lipinski definition) is 0. The number of para-hydroxylation sites is 1. The molecule has 0 unspecified atom stereocenters. The summed E-state index contributed by atoms with van der Waals surface area (Å²) in [5, 5.41) is 1.98. The monoisotopic (exact) mass is 538 g/mol. The van der Waals surface area contributed by atoms with Crippen molar-refractivity contribution in [3.05, 3.63) is 88.6 Å². The Morgan fingerprint density at radius 3 is 2.27 bits per heavy atom. The first-order valence-corrected chi connectivity index (χ1v) is 14.2. The number of fused-ring (bicyclic) bond motifs is 1. The molecule has 4 aromatic rings. The third-order valence-electron chi connectivity index (χ3n) is 7.39. The van der Waals surface area contributed by atoms with Crippen molar-refractivity contribution in [2.75, 3.05) is 27.3 Å². The van der Waals surface area contributed by atoms with Crippen molar-refractivity contribution in [1.82, 2.24) is 8.87 Å². The van der Waals surface area contributed by atoms with Crippen LogP contribution in [-0.4, -0.2) is 44.6 Å². The molecule has 8 heteroatoms. The summed E-state index contributed by atoms with van der Waals surface area (Å²) in [6.45, 7) is 3.88. The van der Waals surface area contributed by atoms with E-state index in [0.717, 1.165) is 24.4 Å². The van der Waals surface area contributed by atoms with Crippen molar-refractivity contribution in [1.29, 1.82) is 0 Å². The lowest BCUT2D eigenvalue weighted by molar-refractivity contribution is 0.319. The van der Waals surface area contributed by atoms with Gasteiger partial charge in [0.05, 0.1) is 19.1 Å². The minimum Gasteiger partial charge on any atom is -0.493 e. The summed E-state index contributed by atoms with van der Waals surface area (Å²) in [7, 11) is -0.597. The molecule has 0 radical (unpaired) electrons. The van der Waals surface area contributed by atoms with E-state index in [4.69, 9.17) is 21.1 Å². The molecule has 5 rings (SSSR count). The Balaban J connectivity index is 1.40. The predicted octanol–water partition coefficient (Wildman–Crippen LogP) is 6.24. The molecule has 0 atom stereocenters. The fourth-order valence-electron chi connectivity index (χ4n) is 5.46. The summed E-state index contributed by atoms with van der Waals surface area (Å²) in [4.78, 5) is 0.222. The van der Waals surface area contributed by atoms with E-state index < -0.39 is 10.0 Å². The molecule has 0 aliphatic carbocycles. The molecular formula is C29H31ClN2O4S. The summed E-state index contributed by atoms with van der Waals surface area (Å²) < 4.78 is 41.4. The molecule has 2 heterocycles. The summed E-state index contributed by atoms with van der Waals surface area (Å²) in [5.41, 5.74) is 4.95. The molecule has 3 aromatic carbocycles. The largest absolute Gasteiger partial charge is 0.493 e. The molecule has 0 spiro atoms. The molecule has 1 saturated heterocycles. The van der Waals surface area contributed by atoms with Gasteiger partial charge in [0.25, 0.3) is 0 Å². The van der Waals surface area contributed by atoms with E-state index in [1.54, 1.807) is 16.4 Å². The molecule has 37 heavy (non-hydrogen) atoms. The number of piperidine rings is 1. The van der Waals surface area contributed by atoms with Gasteiger partial charge in [0.15, 0.2) is 11.5 Å². The quantitative estimate of drug-likeness (QED) is 0.279. The number of benzene rings is 3. The topological polar surface area (TPSA) is 60.8 Å². The van der Waals surface area contributed by atoms with Crippen molar-refractivity contribution >= 4 is 32.5 Å². The zero-order valence-corrected chi connectivity index (χ0v) is 22.8. The second-order valence-electron chi connectivity index (χ2n) is 9.42. The first-order chi connectivity index (χ1) is 17.8. The smallest absolute Gasteiger partial charge is 0.243 e. The first kappa shape index (κ1) is 25.6. The number of rotatable bonds is 7. The Morgan fingerprint density at radius 1 is 0.919 bits per heavy atom. The molecule has 0 N–H and O–H groups in total. The van der Waals surface area contributed by atoms with Crippen LogP contribution in [0, 0.1) is 6.92 Å². The van der Waals surface area contributed by atoms with Gasteiger partial charge in [0.1, 0.15) is 0 Å². The van der Waals surface area contributed by atoms with Crippen LogP contribution in [0.2, 0.25) is 5.02 Å². The highest BCUT2D eigenvalue weighted by Gasteiger charge is 2.32. The third kappa shape index (κ3) is 4.83. The Hall–Kier alpha value is -3.00. The molecule has 0 saturated carbocycles. The fourth-order valence-corrected chi connectivity index (χ4v) is 7.07. The van der Waals surface area contributed by atoms with Crippen LogP contribution in [0.1, 0.15) is 35.6 Å². The van der Waals surface area contributed by atoms with Gasteiger partial charge in [-0.3, -0.25) is 0 Å². The SMILES string of the molecule is COc1ccc(S(=O)(=O)N2CCC(c3c(C)n(Cc4ccc(Cl)cc4)c4ccccc34)CC2)cc1OC. The maximum absolute atomic E-state index is 13.4.